The molecule has 0 spiro atoms. The van der Waals surface area contributed by atoms with E-state index in [-0.39, 0.29) is 12.4 Å². The number of hydrogen-bond donors (Lipinski definition) is 1. The molecule has 2 nitrogen and oxygen atoms in total. The van der Waals surface area contributed by atoms with Crippen molar-refractivity contribution >= 4 is 12.4 Å². The summed E-state index contributed by atoms with van der Waals surface area (Å²) >= 11 is 0. The smallest absolute Gasteiger partial charge is 0.00670 e. The van der Waals surface area contributed by atoms with Gasteiger partial charge in [0.1, 0.15) is 0 Å². The lowest BCUT2D eigenvalue weighted by Crippen LogP contribution is -2.40. The monoisotopic (exact) mass is 218 g/mol. The topological polar surface area (TPSA) is 15.3 Å². The number of nitrogens with one attached hydrogen (secondary N) is 1. The van der Waals surface area contributed by atoms with Gasteiger partial charge in [-0.2, -0.15) is 0 Å². The van der Waals surface area contributed by atoms with Crippen LogP contribution in [0.1, 0.15) is 32.6 Å². The molecule has 14 heavy (non-hydrogen) atoms. The summed E-state index contributed by atoms with van der Waals surface area (Å²) in [4.78, 5) is 2.70. The van der Waals surface area contributed by atoms with Crippen LogP contribution < -0.4 is 5.32 Å². The third kappa shape index (κ3) is 3.11. The maximum absolute atomic E-state index is 3.45. The fourth-order valence-electron chi connectivity index (χ4n) is 2.63. The summed E-state index contributed by atoms with van der Waals surface area (Å²) in [6.07, 6.45) is 5.68. The minimum Gasteiger partial charge on any atom is -0.316 e. The molecule has 3 heteroatoms. The molecule has 84 valence electrons. The first-order valence-corrected chi connectivity index (χ1v) is 5.81. The molecule has 2 fully saturated rings. The number of likely N-dealkylation sites (tertiary alicyclic amines) is 1. The average Bonchev–Trinajstić information content (AvgIpc) is 2.61. The molecule has 2 unspecified atom stereocenters. The molecule has 0 aromatic rings. The summed E-state index contributed by atoms with van der Waals surface area (Å²) in [7, 11) is 0. The molecule has 2 heterocycles. The Bertz CT molecular complexity index is 157. The Morgan fingerprint density at radius 3 is 2.79 bits per heavy atom. The van der Waals surface area contributed by atoms with Gasteiger partial charge in [-0.15, -0.1) is 12.4 Å². The molecule has 2 saturated heterocycles. The van der Waals surface area contributed by atoms with Crippen LogP contribution in [0, 0.1) is 5.92 Å². The molecular formula is C11H23ClN2. The van der Waals surface area contributed by atoms with Crippen molar-refractivity contribution in [2.24, 2.45) is 5.92 Å². The van der Waals surface area contributed by atoms with E-state index in [2.05, 4.69) is 17.1 Å². The van der Waals surface area contributed by atoms with Crippen molar-refractivity contribution in [3.05, 3.63) is 0 Å². The summed E-state index contributed by atoms with van der Waals surface area (Å²) in [5, 5.41) is 3.45. The minimum atomic E-state index is 0. The normalized spacial score (nSPS) is 34.1. The van der Waals surface area contributed by atoms with Crippen molar-refractivity contribution in [1.82, 2.24) is 10.2 Å². The molecule has 0 aromatic heterocycles. The number of nitrogens with zero attached hydrogens (tertiary/aromatic N) is 1. The van der Waals surface area contributed by atoms with Crippen LogP contribution in [0.2, 0.25) is 0 Å². The van der Waals surface area contributed by atoms with E-state index < -0.39 is 0 Å². The predicted molar refractivity (Wildman–Crippen MR) is 63.1 cm³/mol. The molecule has 0 amide bonds. The minimum absolute atomic E-state index is 0. The van der Waals surface area contributed by atoms with Gasteiger partial charge < -0.3 is 10.2 Å². The van der Waals surface area contributed by atoms with Crippen molar-refractivity contribution < 1.29 is 0 Å². The van der Waals surface area contributed by atoms with Crippen LogP contribution >= 0.6 is 12.4 Å². The Morgan fingerprint density at radius 1 is 1.29 bits per heavy atom. The maximum atomic E-state index is 3.45. The Balaban J connectivity index is 0.000000980. The second-order valence-electron chi connectivity index (χ2n) is 4.70. The molecule has 2 aliphatic heterocycles. The van der Waals surface area contributed by atoms with Crippen LogP contribution in [0.15, 0.2) is 0 Å². The van der Waals surface area contributed by atoms with Crippen LogP contribution in [0.4, 0.5) is 0 Å². The number of hydrogen-bond acceptors (Lipinski definition) is 2. The first kappa shape index (κ1) is 12.3. The molecule has 2 rings (SSSR count). The van der Waals surface area contributed by atoms with Crippen LogP contribution in [-0.4, -0.2) is 37.1 Å². The first-order valence-electron chi connectivity index (χ1n) is 5.81. The fourth-order valence-corrected chi connectivity index (χ4v) is 2.63. The van der Waals surface area contributed by atoms with Gasteiger partial charge in [-0.3, -0.25) is 0 Å². The van der Waals surface area contributed by atoms with Gasteiger partial charge in [0.15, 0.2) is 0 Å². The second kappa shape index (κ2) is 5.94. The van der Waals surface area contributed by atoms with E-state index >= 15 is 0 Å². The van der Waals surface area contributed by atoms with Crippen LogP contribution in [0.3, 0.4) is 0 Å². The highest BCUT2D eigenvalue weighted by Crippen LogP contribution is 2.19. The van der Waals surface area contributed by atoms with Crippen LogP contribution in [0.25, 0.3) is 0 Å². The maximum Gasteiger partial charge on any atom is 0.00670 e. The average molecular weight is 219 g/mol. The van der Waals surface area contributed by atoms with Gasteiger partial charge in [-0.05, 0) is 51.7 Å². The Hall–Kier alpha value is 0.210. The van der Waals surface area contributed by atoms with E-state index in [1.807, 2.05) is 0 Å². The molecule has 0 radical (unpaired) electrons. The van der Waals surface area contributed by atoms with Gasteiger partial charge in [-0.1, -0.05) is 6.42 Å². The molecule has 2 aliphatic rings. The van der Waals surface area contributed by atoms with Crippen LogP contribution in [0.5, 0.6) is 0 Å². The second-order valence-corrected chi connectivity index (χ2v) is 4.70. The summed E-state index contributed by atoms with van der Waals surface area (Å²) in [5.74, 6) is 0.931. The van der Waals surface area contributed by atoms with Crippen molar-refractivity contribution in [2.75, 3.05) is 26.2 Å². The summed E-state index contributed by atoms with van der Waals surface area (Å²) in [5.41, 5.74) is 0. The van der Waals surface area contributed by atoms with Gasteiger partial charge >= 0.3 is 0 Å². The first-order chi connectivity index (χ1) is 6.36. The van der Waals surface area contributed by atoms with E-state index in [4.69, 9.17) is 0 Å². The Kier molecular flexibility index (Phi) is 5.21. The Labute approximate surface area is 93.8 Å². The Morgan fingerprint density at radius 2 is 2.14 bits per heavy atom. The highest BCUT2D eigenvalue weighted by atomic mass is 35.5. The summed E-state index contributed by atoms with van der Waals surface area (Å²) in [6, 6.07) is 0.842. The zero-order valence-corrected chi connectivity index (χ0v) is 9.98. The van der Waals surface area contributed by atoms with Gasteiger partial charge in [0.25, 0.3) is 0 Å². The van der Waals surface area contributed by atoms with E-state index in [0.29, 0.717) is 0 Å². The summed E-state index contributed by atoms with van der Waals surface area (Å²) < 4.78 is 0. The van der Waals surface area contributed by atoms with E-state index in [1.165, 1.54) is 51.9 Å². The van der Waals surface area contributed by atoms with Crippen molar-refractivity contribution in [3.8, 4) is 0 Å². The van der Waals surface area contributed by atoms with Gasteiger partial charge in [0.05, 0.1) is 0 Å². The number of piperidine rings is 1. The zero-order chi connectivity index (χ0) is 9.10. The zero-order valence-electron chi connectivity index (χ0n) is 9.17. The quantitative estimate of drug-likeness (QED) is 0.762. The lowest BCUT2D eigenvalue weighted by atomic mass is 10.0. The van der Waals surface area contributed by atoms with E-state index in [1.54, 1.807) is 0 Å². The van der Waals surface area contributed by atoms with E-state index in [9.17, 15) is 0 Å². The molecule has 0 aromatic carbocycles. The van der Waals surface area contributed by atoms with Crippen molar-refractivity contribution in [1.29, 1.82) is 0 Å². The largest absolute Gasteiger partial charge is 0.316 e. The standard InChI is InChI=1S/C11H22N2.ClH/c1-10-4-2-3-7-13(10)9-11-5-6-12-8-11;/h10-12H,2-9H2,1H3;1H. The van der Waals surface area contributed by atoms with Crippen molar-refractivity contribution in [3.63, 3.8) is 0 Å². The molecule has 0 saturated carbocycles. The number of rotatable bonds is 2. The molecule has 0 aliphatic carbocycles. The highest BCUT2D eigenvalue weighted by Gasteiger charge is 2.23. The molecule has 1 N–H and O–H groups in total. The third-order valence-electron chi connectivity index (χ3n) is 3.60. The predicted octanol–water partition coefficient (Wildman–Crippen LogP) is 1.89. The van der Waals surface area contributed by atoms with Gasteiger partial charge in [0, 0.05) is 12.6 Å². The molecule has 0 bridgehead atoms. The van der Waals surface area contributed by atoms with Gasteiger partial charge in [0.2, 0.25) is 0 Å². The molecular weight excluding hydrogens is 196 g/mol. The third-order valence-corrected chi connectivity index (χ3v) is 3.60. The van der Waals surface area contributed by atoms with E-state index in [0.717, 1.165) is 12.0 Å². The lowest BCUT2D eigenvalue weighted by Gasteiger charge is -2.34. The lowest BCUT2D eigenvalue weighted by molar-refractivity contribution is 0.140. The SMILES string of the molecule is CC1CCCCN1CC1CCNC1.Cl. The highest BCUT2D eigenvalue weighted by molar-refractivity contribution is 5.85. The number of halogens is 1. The summed E-state index contributed by atoms with van der Waals surface area (Å²) in [6.45, 7) is 7.57. The van der Waals surface area contributed by atoms with Crippen LogP contribution in [-0.2, 0) is 0 Å². The fraction of sp³-hybridized carbons (Fsp3) is 1.00. The molecule has 2 atom stereocenters. The van der Waals surface area contributed by atoms with Crippen molar-refractivity contribution in [2.45, 2.75) is 38.6 Å². The van der Waals surface area contributed by atoms with Gasteiger partial charge in [-0.25, -0.2) is 0 Å².